The van der Waals surface area contributed by atoms with Crippen LogP contribution in [-0.2, 0) is 0 Å². The number of allylic oxidation sites excluding steroid dienone is 1. The number of halogens is 1. The molecule has 0 fully saturated rings. The van der Waals surface area contributed by atoms with Crippen molar-refractivity contribution in [2.75, 3.05) is 0 Å². The Hall–Kier alpha value is -2.23. The Balaban J connectivity index is 1.64. The van der Waals surface area contributed by atoms with Crippen molar-refractivity contribution in [3.8, 4) is 11.3 Å². The maximum Gasteiger partial charge on any atom is 0.200 e. The summed E-state index contributed by atoms with van der Waals surface area (Å²) in [7, 11) is 0. The van der Waals surface area contributed by atoms with Crippen LogP contribution in [0.1, 0.15) is 21.7 Å². The van der Waals surface area contributed by atoms with Gasteiger partial charge in [-0.2, -0.15) is 0 Å². The van der Waals surface area contributed by atoms with E-state index in [1.807, 2.05) is 61.5 Å². The topological polar surface area (TPSA) is 30.2 Å². The molecule has 2 nitrogen and oxygen atoms in total. The zero-order chi connectivity index (χ0) is 16.7. The van der Waals surface area contributed by atoms with E-state index in [1.165, 1.54) is 11.8 Å². The lowest BCUT2D eigenvalue weighted by Crippen LogP contribution is -1.93. The highest BCUT2D eigenvalue weighted by Crippen LogP contribution is 2.41. The number of fused-ring (bicyclic) bond motifs is 1. The number of aryl methyl sites for hydroxylation is 1. The summed E-state index contributed by atoms with van der Waals surface area (Å²) in [6, 6.07) is 17.2. The molecule has 3 aromatic rings. The number of ketones is 1. The van der Waals surface area contributed by atoms with Crippen LogP contribution in [0.4, 0.5) is 0 Å². The Bertz CT molecular complexity index is 985. The normalized spacial score (nSPS) is 15.1. The molecule has 2 aromatic carbocycles. The van der Waals surface area contributed by atoms with E-state index in [2.05, 4.69) is 0 Å². The van der Waals surface area contributed by atoms with Gasteiger partial charge in [0.25, 0.3) is 0 Å². The smallest absolute Gasteiger partial charge is 0.200 e. The summed E-state index contributed by atoms with van der Waals surface area (Å²) in [5.74, 6) is 1.44. The molecule has 24 heavy (non-hydrogen) atoms. The quantitative estimate of drug-likeness (QED) is 0.511. The maximum absolute atomic E-state index is 12.4. The largest absolute Gasteiger partial charge is 0.457 e. The molecular formula is C20H13ClO2S. The number of carbonyl (C=O) groups excluding carboxylic acids is 1. The van der Waals surface area contributed by atoms with E-state index in [0.717, 1.165) is 27.3 Å². The van der Waals surface area contributed by atoms with Gasteiger partial charge in [0.05, 0.1) is 4.91 Å². The van der Waals surface area contributed by atoms with E-state index in [4.69, 9.17) is 16.0 Å². The molecule has 0 aliphatic carbocycles. The van der Waals surface area contributed by atoms with Gasteiger partial charge in [-0.1, -0.05) is 47.6 Å². The molecule has 0 spiro atoms. The first-order valence-corrected chi connectivity index (χ1v) is 8.71. The zero-order valence-corrected chi connectivity index (χ0v) is 14.4. The molecule has 0 unspecified atom stereocenters. The summed E-state index contributed by atoms with van der Waals surface area (Å²) in [5, 5.41) is 0.709. The lowest BCUT2D eigenvalue weighted by atomic mass is 10.1. The summed E-state index contributed by atoms with van der Waals surface area (Å²) in [6.07, 6.45) is 1.80. The SMILES string of the molecule is Cc1ccc(-c2ccc(C=C3Sc4ccccc4C3=O)o2)cc1Cl. The number of thioether (sulfide) groups is 1. The highest BCUT2D eigenvalue weighted by molar-refractivity contribution is 8.04. The van der Waals surface area contributed by atoms with E-state index in [-0.39, 0.29) is 5.78 Å². The molecule has 0 saturated heterocycles. The summed E-state index contributed by atoms with van der Waals surface area (Å²) in [4.78, 5) is 14.1. The third-order valence-electron chi connectivity index (χ3n) is 3.93. The monoisotopic (exact) mass is 352 g/mol. The number of rotatable bonds is 2. The van der Waals surface area contributed by atoms with Gasteiger partial charge in [0, 0.05) is 21.0 Å². The van der Waals surface area contributed by atoms with Gasteiger partial charge in [0.15, 0.2) is 0 Å². The number of benzene rings is 2. The molecule has 0 saturated carbocycles. The van der Waals surface area contributed by atoms with Crippen LogP contribution >= 0.6 is 23.4 Å². The standard InChI is InChI=1S/C20H13ClO2S/c1-12-6-7-13(10-16(12)21)17-9-8-14(23-17)11-19-20(22)15-4-2-3-5-18(15)24-19/h2-11H,1H3. The van der Waals surface area contributed by atoms with Gasteiger partial charge in [-0.15, -0.1) is 0 Å². The highest BCUT2D eigenvalue weighted by Gasteiger charge is 2.25. The average molecular weight is 353 g/mol. The molecule has 1 aliphatic rings. The zero-order valence-electron chi connectivity index (χ0n) is 12.9. The van der Waals surface area contributed by atoms with Gasteiger partial charge in [-0.25, -0.2) is 0 Å². The molecule has 0 bridgehead atoms. The maximum atomic E-state index is 12.4. The van der Waals surface area contributed by atoms with Gasteiger partial charge < -0.3 is 4.42 Å². The molecule has 4 heteroatoms. The van der Waals surface area contributed by atoms with Crippen LogP contribution in [0.15, 0.2) is 68.8 Å². The number of hydrogen-bond acceptors (Lipinski definition) is 3. The lowest BCUT2D eigenvalue weighted by Gasteiger charge is -2.01. The summed E-state index contributed by atoms with van der Waals surface area (Å²) >= 11 is 7.66. The second kappa shape index (κ2) is 6.00. The van der Waals surface area contributed by atoms with Crippen LogP contribution in [-0.4, -0.2) is 5.78 Å². The summed E-state index contributed by atoms with van der Waals surface area (Å²) < 4.78 is 5.87. The van der Waals surface area contributed by atoms with Crippen molar-refractivity contribution < 1.29 is 9.21 Å². The summed E-state index contributed by atoms with van der Waals surface area (Å²) in [5.41, 5.74) is 2.70. The average Bonchev–Trinajstić information content (AvgIpc) is 3.16. The fourth-order valence-corrected chi connectivity index (χ4v) is 3.81. The van der Waals surface area contributed by atoms with Crippen LogP contribution < -0.4 is 0 Å². The van der Waals surface area contributed by atoms with Crippen molar-refractivity contribution in [2.45, 2.75) is 11.8 Å². The molecule has 0 N–H and O–H groups in total. The molecule has 1 aromatic heterocycles. The minimum Gasteiger partial charge on any atom is -0.457 e. The van der Waals surface area contributed by atoms with Crippen molar-refractivity contribution in [2.24, 2.45) is 0 Å². The van der Waals surface area contributed by atoms with Gasteiger partial charge >= 0.3 is 0 Å². The van der Waals surface area contributed by atoms with Crippen molar-refractivity contribution in [3.05, 3.63) is 81.4 Å². The Kier molecular flexibility index (Phi) is 3.83. The molecule has 0 atom stereocenters. The molecular weight excluding hydrogens is 340 g/mol. The van der Waals surface area contributed by atoms with Crippen LogP contribution in [0.25, 0.3) is 17.4 Å². The van der Waals surface area contributed by atoms with E-state index in [0.29, 0.717) is 15.7 Å². The van der Waals surface area contributed by atoms with Crippen LogP contribution in [0.5, 0.6) is 0 Å². The Labute approximate surface area is 149 Å². The first kappa shape index (κ1) is 15.3. The van der Waals surface area contributed by atoms with E-state index < -0.39 is 0 Å². The van der Waals surface area contributed by atoms with Crippen molar-refractivity contribution in [1.82, 2.24) is 0 Å². The number of Topliss-reactive ketones (excluding diaryl/α,β-unsaturated/α-hetero) is 1. The van der Waals surface area contributed by atoms with Crippen molar-refractivity contribution in [3.63, 3.8) is 0 Å². The highest BCUT2D eigenvalue weighted by atomic mass is 35.5. The second-order valence-corrected chi connectivity index (χ2v) is 7.09. The predicted molar refractivity (Wildman–Crippen MR) is 98.5 cm³/mol. The van der Waals surface area contributed by atoms with Crippen molar-refractivity contribution in [1.29, 1.82) is 0 Å². The molecule has 0 amide bonds. The third kappa shape index (κ3) is 2.70. The fraction of sp³-hybridized carbons (Fsp3) is 0.0500. The minimum absolute atomic E-state index is 0.0481. The van der Waals surface area contributed by atoms with Gasteiger partial charge in [0.1, 0.15) is 11.5 Å². The molecule has 1 aliphatic heterocycles. The predicted octanol–water partition coefficient (Wildman–Crippen LogP) is 6.24. The van der Waals surface area contributed by atoms with E-state index in [1.54, 1.807) is 6.08 Å². The van der Waals surface area contributed by atoms with Crippen LogP contribution in [0.2, 0.25) is 5.02 Å². The first-order chi connectivity index (χ1) is 11.6. The Morgan fingerprint density at radius 1 is 1.08 bits per heavy atom. The van der Waals surface area contributed by atoms with Crippen LogP contribution in [0, 0.1) is 6.92 Å². The molecule has 4 rings (SSSR count). The number of hydrogen-bond donors (Lipinski definition) is 0. The van der Waals surface area contributed by atoms with Gasteiger partial charge in [0.2, 0.25) is 5.78 Å². The first-order valence-electron chi connectivity index (χ1n) is 7.51. The lowest BCUT2D eigenvalue weighted by molar-refractivity contribution is 0.104. The van der Waals surface area contributed by atoms with Crippen molar-refractivity contribution >= 4 is 35.2 Å². The summed E-state index contributed by atoms with van der Waals surface area (Å²) in [6.45, 7) is 1.96. The van der Waals surface area contributed by atoms with E-state index in [9.17, 15) is 4.79 Å². The van der Waals surface area contributed by atoms with E-state index >= 15 is 0 Å². The molecule has 118 valence electrons. The third-order valence-corrected chi connectivity index (χ3v) is 5.44. The Morgan fingerprint density at radius 2 is 1.92 bits per heavy atom. The second-order valence-electron chi connectivity index (χ2n) is 5.60. The van der Waals surface area contributed by atoms with Gasteiger partial charge in [-0.3, -0.25) is 4.79 Å². The minimum atomic E-state index is 0.0481. The Morgan fingerprint density at radius 3 is 2.71 bits per heavy atom. The molecule has 0 radical (unpaired) electrons. The number of carbonyl (C=O) groups is 1. The van der Waals surface area contributed by atoms with Gasteiger partial charge in [-0.05, 0) is 48.9 Å². The molecule has 2 heterocycles. The fourth-order valence-electron chi connectivity index (χ4n) is 2.60. The van der Waals surface area contributed by atoms with Crippen LogP contribution in [0.3, 0.4) is 0 Å². The number of furan rings is 1.